The number of nitrogens with zero attached hydrogens (tertiary/aromatic N) is 1. The third-order valence-electron chi connectivity index (χ3n) is 1.97. The van der Waals surface area contributed by atoms with E-state index in [0.717, 1.165) is 5.39 Å². The van der Waals surface area contributed by atoms with E-state index in [-0.39, 0.29) is 28.5 Å². The third-order valence-corrected chi connectivity index (χ3v) is 1.97. The number of fused-ring (bicyclic) bond motifs is 1. The number of phenolic OH excluding ortho intramolecular Hbond substituents is 1. The van der Waals surface area contributed by atoms with Crippen LogP contribution in [0.25, 0.3) is 10.8 Å². The van der Waals surface area contributed by atoms with Crippen LogP contribution in [0.1, 0.15) is 0 Å². The topological polar surface area (TPSA) is 49.7 Å². The molecule has 1 radical (unpaired) electrons. The first-order valence-corrected chi connectivity index (χ1v) is 3.87. The summed E-state index contributed by atoms with van der Waals surface area (Å²) in [7, 11) is 0. The molecule has 0 atom stereocenters. The van der Waals surface area contributed by atoms with Crippen molar-refractivity contribution in [3.63, 3.8) is 0 Å². The van der Waals surface area contributed by atoms with Crippen LogP contribution in [0, 0.1) is 4.91 Å². The molecule has 1 N–H and O–H groups in total. The molecular weight excluding hydrogens is 230 g/mol. The van der Waals surface area contributed by atoms with E-state index in [4.69, 9.17) is 0 Å². The van der Waals surface area contributed by atoms with Gasteiger partial charge in [-0.2, -0.15) is 0 Å². The van der Waals surface area contributed by atoms with E-state index in [1.165, 1.54) is 6.07 Å². The van der Waals surface area contributed by atoms with E-state index in [2.05, 4.69) is 5.18 Å². The SMILES string of the molecule is O=Nc1c(O)ccc2ccccc12.[Cu]. The Morgan fingerprint density at radius 2 is 1.79 bits per heavy atom. The summed E-state index contributed by atoms with van der Waals surface area (Å²) in [5.41, 5.74) is 0.109. The molecule has 2 rings (SSSR count). The number of aromatic hydroxyl groups is 1. The van der Waals surface area contributed by atoms with Gasteiger partial charge in [0.15, 0.2) is 5.69 Å². The zero-order chi connectivity index (χ0) is 9.26. The molecule has 0 aliphatic carbocycles. The minimum absolute atomic E-state index is 0. The zero-order valence-corrected chi connectivity index (χ0v) is 8.01. The quantitative estimate of drug-likeness (QED) is 0.611. The first kappa shape index (κ1) is 10.7. The molecule has 4 heteroatoms. The van der Waals surface area contributed by atoms with Crippen LogP contribution in [-0.4, -0.2) is 5.11 Å². The second-order valence-electron chi connectivity index (χ2n) is 2.75. The van der Waals surface area contributed by atoms with Crippen molar-refractivity contribution in [2.24, 2.45) is 5.18 Å². The van der Waals surface area contributed by atoms with Gasteiger partial charge in [0.05, 0.1) is 0 Å². The normalized spacial score (nSPS) is 9.43. The summed E-state index contributed by atoms with van der Waals surface area (Å²) in [6.45, 7) is 0. The van der Waals surface area contributed by atoms with Crippen LogP contribution in [-0.2, 0) is 17.1 Å². The Hall–Kier alpha value is -1.38. The molecule has 0 fully saturated rings. The molecule has 0 saturated carbocycles. The summed E-state index contributed by atoms with van der Waals surface area (Å²) >= 11 is 0. The fourth-order valence-corrected chi connectivity index (χ4v) is 1.34. The van der Waals surface area contributed by atoms with Crippen molar-refractivity contribution in [1.29, 1.82) is 0 Å². The van der Waals surface area contributed by atoms with E-state index in [1.54, 1.807) is 18.2 Å². The first-order chi connectivity index (χ1) is 6.33. The number of phenols is 1. The van der Waals surface area contributed by atoms with Crippen LogP contribution in [0.5, 0.6) is 5.75 Å². The maximum Gasteiger partial charge on any atom is 0.157 e. The molecule has 3 nitrogen and oxygen atoms in total. The smallest absolute Gasteiger partial charge is 0.157 e. The maximum absolute atomic E-state index is 10.4. The molecule has 14 heavy (non-hydrogen) atoms. The molecule has 0 unspecified atom stereocenters. The van der Waals surface area contributed by atoms with Gasteiger partial charge in [0.1, 0.15) is 5.75 Å². The van der Waals surface area contributed by atoms with Gasteiger partial charge in [-0.1, -0.05) is 30.3 Å². The fraction of sp³-hybridized carbons (Fsp3) is 0. The van der Waals surface area contributed by atoms with Crippen LogP contribution in [0.3, 0.4) is 0 Å². The largest absolute Gasteiger partial charge is 0.506 e. The Morgan fingerprint density at radius 3 is 2.50 bits per heavy atom. The average Bonchev–Trinajstić information content (AvgIpc) is 2.18. The summed E-state index contributed by atoms with van der Waals surface area (Å²) in [5.74, 6) is -0.0753. The average molecular weight is 237 g/mol. The second kappa shape index (κ2) is 4.22. The first-order valence-electron chi connectivity index (χ1n) is 3.87. The van der Waals surface area contributed by atoms with Crippen molar-refractivity contribution >= 4 is 16.5 Å². The molecule has 0 amide bonds. The van der Waals surface area contributed by atoms with E-state index in [1.807, 2.05) is 12.1 Å². The van der Waals surface area contributed by atoms with E-state index >= 15 is 0 Å². The van der Waals surface area contributed by atoms with Crippen molar-refractivity contribution in [2.45, 2.75) is 0 Å². The molecule has 0 aliphatic heterocycles. The van der Waals surface area contributed by atoms with Gasteiger partial charge in [-0.25, -0.2) is 0 Å². The van der Waals surface area contributed by atoms with Crippen molar-refractivity contribution in [1.82, 2.24) is 0 Å². The van der Waals surface area contributed by atoms with Gasteiger partial charge < -0.3 is 5.11 Å². The van der Waals surface area contributed by atoms with Crippen LogP contribution < -0.4 is 0 Å². The van der Waals surface area contributed by atoms with E-state index < -0.39 is 0 Å². The molecule has 0 spiro atoms. The number of hydrogen-bond acceptors (Lipinski definition) is 3. The summed E-state index contributed by atoms with van der Waals surface area (Å²) in [4.78, 5) is 10.4. The summed E-state index contributed by atoms with van der Waals surface area (Å²) in [6.07, 6.45) is 0. The maximum atomic E-state index is 10.4. The van der Waals surface area contributed by atoms with Crippen LogP contribution in [0.15, 0.2) is 41.6 Å². The Bertz CT molecular complexity index is 471. The van der Waals surface area contributed by atoms with Crippen LogP contribution in [0.4, 0.5) is 5.69 Å². The predicted octanol–water partition coefficient (Wildman–Crippen LogP) is 2.94. The van der Waals surface area contributed by atoms with Gasteiger partial charge >= 0.3 is 0 Å². The van der Waals surface area contributed by atoms with Gasteiger partial charge in [-0.15, -0.1) is 4.91 Å². The van der Waals surface area contributed by atoms with E-state index in [9.17, 15) is 10.0 Å². The fourth-order valence-electron chi connectivity index (χ4n) is 1.34. The Balaban J connectivity index is 0.000000980. The molecule has 2 aromatic rings. The second-order valence-corrected chi connectivity index (χ2v) is 2.75. The van der Waals surface area contributed by atoms with Crippen LogP contribution >= 0.6 is 0 Å². The van der Waals surface area contributed by atoms with Gasteiger partial charge in [-0.3, -0.25) is 0 Å². The van der Waals surface area contributed by atoms with Gasteiger partial charge in [0, 0.05) is 22.5 Å². The third kappa shape index (κ3) is 1.62. The minimum Gasteiger partial charge on any atom is -0.506 e. The molecule has 0 aromatic heterocycles. The summed E-state index contributed by atoms with van der Waals surface area (Å²) < 4.78 is 0. The predicted molar refractivity (Wildman–Crippen MR) is 51.1 cm³/mol. The number of hydrogen-bond donors (Lipinski definition) is 1. The molecule has 75 valence electrons. The number of nitroso groups, excluding NO2 is 1. The number of rotatable bonds is 1. The van der Waals surface area contributed by atoms with Gasteiger partial charge in [0.25, 0.3) is 0 Å². The monoisotopic (exact) mass is 236 g/mol. The van der Waals surface area contributed by atoms with Crippen molar-refractivity contribution < 1.29 is 22.2 Å². The van der Waals surface area contributed by atoms with Crippen molar-refractivity contribution in [3.05, 3.63) is 41.3 Å². The van der Waals surface area contributed by atoms with Crippen molar-refractivity contribution in [3.8, 4) is 5.75 Å². The molecule has 0 aliphatic rings. The molecule has 0 bridgehead atoms. The zero-order valence-electron chi connectivity index (χ0n) is 7.07. The number of benzene rings is 2. The summed E-state index contributed by atoms with van der Waals surface area (Å²) in [6, 6.07) is 10.5. The van der Waals surface area contributed by atoms with Gasteiger partial charge in [0.2, 0.25) is 0 Å². The van der Waals surface area contributed by atoms with Gasteiger partial charge in [-0.05, 0) is 16.6 Å². The minimum atomic E-state index is -0.0753. The molecular formula is C10H7CuNO2. The Kier molecular flexibility index (Phi) is 3.23. The standard InChI is InChI=1S/C10H7NO2.Cu/c12-9-6-5-7-3-1-2-4-8(7)10(9)11-13;/h1-6,12H;. The Morgan fingerprint density at radius 1 is 1.07 bits per heavy atom. The van der Waals surface area contributed by atoms with Crippen molar-refractivity contribution in [2.75, 3.05) is 0 Å². The van der Waals surface area contributed by atoms with Crippen LogP contribution in [0.2, 0.25) is 0 Å². The van der Waals surface area contributed by atoms with E-state index in [0.29, 0.717) is 5.39 Å². The summed E-state index contributed by atoms with van der Waals surface area (Å²) in [5, 5.41) is 13.7. The molecule has 0 heterocycles. The Labute approximate surface area is 91.2 Å². The molecule has 2 aromatic carbocycles. The molecule has 0 saturated heterocycles.